The van der Waals surface area contributed by atoms with E-state index in [1.54, 1.807) is 13.8 Å². The van der Waals surface area contributed by atoms with Crippen molar-refractivity contribution < 1.29 is 24.8 Å². The van der Waals surface area contributed by atoms with Crippen LogP contribution in [0.5, 0.6) is 0 Å². The normalized spacial score (nSPS) is 49.0. The van der Waals surface area contributed by atoms with Gasteiger partial charge in [0.25, 0.3) is 0 Å². The Morgan fingerprint density at radius 3 is 2.40 bits per heavy atom. The van der Waals surface area contributed by atoms with Crippen LogP contribution in [0.2, 0.25) is 0 Å². The van der Waals surface area contributed by atoms with Gasteiger partial charge in [0, 0.05) is 12.5 Å². The first-order valence-electron chi connectivity index (χ1n) is 5.27. The van der Waals surface area contributed by atoms with Crippen LogP contribution >= 0.6 is 0 Å². The molecule has 15 heavy (non-hydrogen) atoms. The summed E-state index contributed by atoms with van der Waals surface area (Å²) in [5, 5.41) is 28.5. The van der Waals surface area contributed by atoms with Gasteiger partial charge in [0.05, 0.1) is 12.2 Å². The molecule has 2 aliphatic rings. The standard InChI is InChI=1S/C10H18O5/c1-10(2)14-8-5(4-11)3-6(12)7(13)9(8)15-10/h5-9,11-13H,3-4H2,1-2H3/t5-,6+,7+,8+,9-/m0/s1. The summed E-state index contributed by atoms with van der Waals surface area (Å²) in [6, 6.07) is 0. The van der Waals surface area contributed by atoms with E-state index < -0.39 is 24.1 Å². The van der Waals surface area contributed by atoms with Gasteiger partial charge in [0.2, 0.25) is 0 Å². The molecule has 0 aromatic rings. The van der Waals surface area contributed by atoms with E-state index in [-0.39, 0.29) is 18.6 Å². The van der Waals surface area contributed by atoms with Crippen LogP contribution in [0.1, 0.15) is 20.3 Å². The number of hydrogen-bond acceptors (Lipinski definition) is 5. The maximum Gasteiger partial charge on any atom is 0.163 e. The predicted molar refractivity (Wildman–Crippen MR) is 51.0 cm³/mol. The summed E-state index contributed by atoms with van der Waals surface area (Å²) in [5.74, 6) is -0.927. The van der Waals surface area contributed by atoms with E-state index in [1.807, 2.05) is 0 Å². The molecule has 0 bridgehead atoms. The molecule has 5 nitrogen and oxygen atoms in total. The molecule has 1 saturated heterocycles. The lowest BCUT2D eigenvalue weighted by Crippen LogP contribution is -2.52. The summed E-state index contributed by atoms with van der Waals surface area (Å²) in [6.07, 6.45) is -2.30. The summed E-state index contributed by atoms with van der Waals surface area (Å²) in [4.78, 5) is 0. The molecule has 0 spiro atoms. The summed E-state index contributed by atoms with van der Waals surface area (Å²) < 4.78 is 11.1. The minimum Gasteiger partial charge on any atom is -0.396 e. The van der Waals surface area contributed by atoms with Crippen LogP contribution < -0.4 is 0 Å². The van der Waals surface area contributed by atoms with E-state index in [2.05, 4.69) is 0 Å². The average Bonchev–Trinajstić information content (AvgIpc) is 2.48. The Balaban J connectivity index is 2.18. The maximum atomic E-state index is 9.76. The van der Waals surface area contributed by atoms with Gasteiger partial charge in [-0.25, -0.2) is 0 Å². The van der Waals surface area contributed by atoms with Crippen molar-refractivity contribution in [1.29, 1.82) is 0 Å². The smallest absolute Gasteiger partial charge is 0.163 e. The van der Waals surface area contributed by atoms with Crippen molar-refractivity contribution in [1.82, 2.24) is 0 Å². The van der Waals surface area contributed by atoms with E-state index in [0.717, 1.165) is 0 Å². The third-order valence-electron chi connectivity index (χ3n) is 3.14. The van der Waals surface area contributed by atoms with Gasteiger partial charge in [-0.3, -0.25) is 0 Å². The van der Waals surface area contributed by atoms with E-state index in [1.165, 1.54) is 0 Å². The molecule has 0 aromatic carbocycles. The number of ether oxygens (including phenoxy) is 2. The molecule has 0 unspecified atom stereocenters. The Hall–Kier alpha value is -0.200. The zero-order valence-corrected chi connectivity index (χ0v) is 8.96. The third-order valence-corrected chi connectivity index (χ3v) is 3.14. The molecular weight excluding hydrogens is 200 g/mol. The highest BCUT2D eigenvalue weighted by atomic mass is 16.8. The van der Waals surface area contributed by atoms with Crippen LogP contribution in [-0.2, 0) is 9.47 Å². The molecule has 2 fully saturated rings. The van der Waals surface area contributed by atoms with Crippen molar-refractivity contribution in [2.45, 2.75) is 50.5 Å². The van der Waals surface area contributed by atoms with Crippen LogP contribution in [0.25, 0.3) is 0 Å². The highest BCUT2D eigenvalue weighted by Crippen LogP contribution is 2.39. The Kier molecular flexibility index (Phi) is 2.77. The Morgan fingerprint density at radius 2 is 1.80 bits per heavy atom. The minimum atomic E-state index is -0.931. The summed E-state index contributed by atoms with van der Waals surface area (Å²) in [5.41, 5.74) is 0. The largest absolute Gasteiger partial charge is 0.396 e. The van der Waals surface area contributed by atoms with Crippen molar-refractivity contribution in [3.8, 4) is 0 Å². The molecule has 88 valence electrons. The Labute approximate surface area is 88.6 Å². The second-order valence-corrected chi connectivity index (χ2v) is 4.80. The Morgan fingerprint density at radius 1 is 1.20 bits per heavy atom. The second kappa shape index (κ2) is 3.68. The van der Waals surface area contributed by atoms with Gasteiger partial charge in [-0.1, -0.05) is 0 Å². The van der Waals surface area contributed by atoms with E-state index in [4.69, 9.17) is 9.47 Å². The molecule has 1 saturated carbocycles. The van der Waals surface area contributed by atoms with Crippen molar-refractivity contribution in [3.05, 3.63) is 0 Å². The third kappa shape index (κ3) is 1.90. The summed E-state index contributed by atoms with van der Waals surface area (Å²) in [6.45, 7) is 3.46. The molecular formula is C10H18O5. The average molecular weight is 218 g/mol. The number of aliphatic hydroxyl groups excluding tert-OH is 3. The van der Waals surface area contributed by atoms with Crippen molar-refractivity contribution in [2.75, 3.05) is 6.61 Å². The fourth-order valence-electron chi connectivity index (χ4n) is 2.43. The van der Waals surface area contributed by atoms with Gasteiger partial charge >= 0.3 is 0 Å². The van der Waals surface area contributed by atoms with E-state index >= 15 is 0 Å². The van der Waals surface area contributed by atoms with Gasteiger partial charge < -0.3 is 24.8 Å². The van der Waals surface area contributed by atoms with Gasteiger partial charge in [0.15, 0.2) is 5.79 Å². The SMILES string of the molecule is CC1(C)O[C@@H]2[C@H](CO)C[C@@H](O)[C@@H](O)[C@@H]2O1. The molecule has 1 heterocycles. The zero-order chi connectivity index (χ0) is 11.2. The molecule has 0 aromatic heterocycles. The van der Waals surface area contributed by atoms with Crippen molar-refractivity contribution in [3.63, 3.8) is 0 Å². The lowest BCUT2D eigenvalue weighted by molar-refractivity contribution is -0.159. The molecule has 2 rings (SSSR count). The van der Waals surface area contributed by atoms with Crippen molar-refractivity contribution in [2.24, 2.45) is 5.92 Å². The fraction of sp³-hybridized carbons (Fsp3) is 1.00. The molecule has 5 heteroatoms. The van der Waals surface area contributed by atoms with Gasteiger partial charge in [-0.05, 0) is 20.3 Å². The van der Waals surface area contributed by atoms with E-state index in [0.29, 0.717) is 6.42 Å². The first-order valence-corrected chi connectivity index (χ1v) is 5.27. The second-order valence-electron chi connectivity index (χ2n) is 4.80. The highest BCUT2D eigenvalue weighted by molar-refractivity contribution is 4.98. The number of aliphatic hydroxyl groups is 3. The number of hydrogen-bond donors (Lipinski definition) is 3. The zero-order valence-electron chi connectivity index (χ0n) is 8.96. The topological polar surface area (TPSA) is 79.2 Å². The van der Waals surface area contributed by atoms with E-state index in [9.17, 15) is 15.3 Å². The van der Waals surface area contributed by atoms with Gasteiger partial charge in [-0.2, -0.15) is 0 Å². The lowest BCUT2D eigenvalue weighted by atomic mass is 9.81. The number of rotatable bonds is 1. The minimum absolute atomic E-state index is 0.0651. The monoisotopic (exact) mass is 218 g/mol. The molecule has 1 aliphatic carbocycles. The molecule has 5 atom stereocenters. The quantitative estimate of drug-likeness (QED) is 0.539. The van der Waals surface area contributed by atoms with Crippen LogP contribution in [0.4, 0.5) is 0 Å². The van der Waals surface area contributed by atoms with Gasteiger partial charge in [0.1, 0.15) is 12.2 Å². The summed E-state index contributed by atoms with van der Waals surface area (Å²) in [7, 11) is 0. The van der Waals surface area contributed by atoms with Crippen molar-refractivity contribution >= 4 is 0 Å². The van der Waals surface area contributed by atoms with Crippen LogP contribution in [0.15, 0.2) is 0 Å². The molecule has 0 amide bonds. The van der Waals surface area contributed by atoms with Crippen LogP contribution in [-0.4, -0.2) is 52.1 Å². The van der Waals surface area contributed by atoms with Gasteiger partial charge in [-0.15, -0.1) is 0 Å². The van der Waals surface area contributed by atoms with Crippen LogP contribution in [0.3, 0.4) is 0 Å². The lowest BCUT2D eigenvalue weighted by Gasteiger charge is -2.36. The first kappa shape index (κ1) is 11.3. The van der Waals surface area contributed by atoms with Crippen LogP contribution in [0, 0.1) is 5.92 Å². The molecule has 1 aliphatic heterocycles. The molecule has 0 radical (unpaired) electrons. The number of fused-ring (bicyclic) bond motifs is 1. The predicted octanol–water partition coefficient (Wildman–Crippen LogP) is -0.760. The first-order chi connectivity index (χ1) is 6.94. The summed E-state index contributed by atoms with van der Waals surface area (Å²) >= 11 is 0. The highest BCUT2D eigenvalue weighted by Gasteiger charge is 2.53. The Bertz CT molecular complexity index is 234. The fourth-order valence-corrected chi connectivity index (χ4v) is 2.43. The maximum absolute atomic E-state index is 9.76. The molecule has 3 N–H and O–H groups in total.